The minimum absolute atomic E-state index is 0.0716. The first-order valence-electron chi connectivity index (χ1n) is 4.00. The Bertz CT molecular complexity index is 168. The summed E-state index contributed by atoms with van der Waals surface area (Å²) in [5.74, 6) is -1.17. The van der Waals surface area contributed by atoms with E-state index in [1.165, 1.54) is 0 Å². The molecule has 0 aromatic rings. The Hall–Kier alpha value is -0.900. The molecule has 0 aliphatic carbocycles. The van der Waals surface area contributed by atoms with Crippen LogP contribution in [0.4, 0.5) is 0 Å². The zero-order valence-corrected chi connectivity index (χ0v) is 7.72. The first-order valence-corrected chi connectivity index (χ1v) is 4.00. The highest BCUT2D eigenvalue weighted by molar-refractivity contribution is 5.87. The number of hydrogen-bond acceptors (Lipinski definition) is 4. The molecule has 1 N–H and O–H groups in total. The van der Waals surface area contributed by atoms with E-state index >= 15 is 0 Å². The Morgan fingerprint density at radius 3 is 2.50 bits per heavy atom. The van der Waals surface area contributed by atoms with Crippen LogP contribution in [0.3, 0.4) is 0 Å². The van der Waals surface area contributed by atoms with Crippen LogP contribution >= 0.6 is 0 Å². The van der Waals surface area contributed by atoms with Gasteiger partial charge in [-0.25, -0.2) is 0 Å². The highest BCUT2D eigenvalue weighted by Crippen LogP contribution is 2.02. The number of carbonyl (C=O) groups is 2. The van der Waals surface area contributed by atoms with Gasteiger partial charge in [0.05, 0.1) is 12.5 Å². The number of rotatable bonds is 4. The predicted molar refractivity (Wildman–Crippen MR) is 44.5 cm³/mol. The summed E-state index contributed by atoms with van der Waals surface area (Å²) in [6, 6.07) is 0. The normalized spacial score (nSPS) is 12.2. The summed E-state index contributed by atoms with van der Waals surface area (Å²) in [6.07, 6.45) is 0.686. The van der Waals surface area contributed by atoms with Crippen molar-refractivity contribution in [2.45, 2.75) is 20.3 Å². The molecule has 0 spiro atoms. The van der Waals surface area contributed by atoms with Crippen LogP contribution in [-0.4, -0.2) is 25.5 Å². The Kier molecular flexibility index (Phi) is 5.28. The molecular formula is C8H15NO3. The van der Waals surface area contributed by atoms with E-state index in [9.17, 15) is 9.59 Å². The number of ether oxygens (including phenoxy) is 1. The van der Waals surface area contributed by atoms with Crippen molar-refractivity contribution < 1.29 is 14.3 Å². The Morgan fingerprint density at radius 2 is 2.08 bits per heavy atom. The maximum absolute atomic E-state index is 11.0. The van der Waals surface area contributed by atoms with E-state index < -0.39 is 11.9 Å². The molecule has 12 heavy (non-hydrogen) atoms. The van der Waals surface area contributed by atoms with Gasteiger partial charge in [-0.15, -0.1) is 0 Å². The van der Waals surface area contributed by atoms with E-state index in [0.717, 1.165) is 0 Å². The van der Waals surface area contributed by atoms with Crippen molar-refractivity contribution in [3.8, 4) is 0 Å². The largest absolute Gasteiger partial charge is 0.392 e. The lowest BCUT2D eigenvalue weighted by Gasteiger charge is -2.06. The molecule has 0 saturated heterocycles. The third-order valence-electron chi connectivity index (χ3n) is 1.55. The molecule has 0 saturated carbocycles. The quantitative estimate of drug-likeness (QED) is 0.491. The van der Waals surface area contributed by atoms with E-state index in [0.29, 0.717) is 6.42 Å². The molecule has 4 heteroatoms. The molecule has 0 aromatic heterocycles. The van der Waals surface area contributed by atoms with Gasteiger partial charge in [0.25, 0.3) is 0 Å². The van der Waals surface area contributed by atoms with Crippen LogP contribution in [0.15, 0.2) is 0 Å². The van der Waals surface area contributed by atoms with Gasteiger partial charge >= 0.3 is 11.9 Å². The lowest BCUT2D eigenvalue weighted by molar-refractivity contribution is -0.161. The van der Waals surface area contributed by atoms with Gasteiger partial charge in [0.15, 0.2) is 0 Å². The van der Waals surface area contributed by atoms with Gasteiger partial charge in [0, 0.05) is 0 Å². The molecule has 0 heterocycles. The average Bonchev–Trinajstić information content (AvgIpc) is 2.03. The van der Waals surface area contributed by atoms with E-state index in [4.69, 9.17) is 0 Å². The van der Waals surface area contributed by atoms with Crippen molar-refractivity contribution in [2.24, 2.45) is 5.92 Å². The van der Waals surface area contributed by atoms with E-state index in [2.05, 4.69) is 10.1 Å². The van der Waals surface area contributed by atoms with Gasteiger partial charge in [-0.1, -0.05) is 13.8 Å². The third kappa shape index (κ3) is 4.08. The molecule has 0 rings (SSSR count). The van der Waals surface area contributed by atoms with Gasteiger partial charge in [0.2, 0.25) is 0 Å². The highest BCUT2D eigenvalue weighted by atomic mass is 16.6. The van der Waals surface area contributed by atoms with Crippen molar-refractivity contribution >= 4 is 11.9 Å². The zero-order valence-electron chi connectivity index (χ0n) is 7.72. The third-order valence-corrected chi connectivity index (χ3v) is 1.55. The molecule has 1 atom stereocenters. The van der Waals surface area contributed by atoms with Crippen LogP contribution in [0.25, 0.3) is 0 Å². The standard InChI is InChI=1S/C8H15NO3/c1-4-6(2)8(11)12-7(10)5-9-3/h6,9H,4-5H2,1-3H3/t6-/m0/s1. The smallest absolute Gasteiger partial charge is 0.327 e. The fourth-order valence-corrected chi connectivity index (χ4v) is 0.560. The second-order valence-electron chi connectivity index (χ2n) is 2.63. The lowest BCUT2D eigenvalue weighted by atomic mass is 10.1. The summed E-state index contributed by atoms with van der Waals surface area (Å²) in [4.78, 5) is 21.8. The summed E-state index contributed by atoms with van der Waals surface area (Å²) in [7, 11) is 1.62. The number of carbonyl (C=O) groups excluding carboxylic acids is 2. The second kappa shape index (κ2) is 5.71. The Balaban J connectivity index is 3.76. The molecule has 70 valence electrons. The fourth-order valence-electron chi connectivity index (χ4n) is 0.560. The first kappa shape index (κ1) is 11.1. The molecular weight excluding hydrogens is 158 g/mol. The molecule has 0 aliphatic heterocycles. The summed E-state index contributed by atoms with van der Waals surface area (Å²) >= 11 is 0. The maximum Gasteiger partial charge on any atom is 0.327 e. The summed E-state index contributed by atoms with van der Waals surface area (Å²) in [6.45, 7) is 3.67. The number of likely N-dealkylation sites (N-methyl/N-ethyl adjacent to an activating group) is 1. The zero-order chi connectivity index (χ0) is 9.56. The topological polar surface area (TPSA) is 55.4 Å². The molecule has 0 radical (unpaired) electrons. The summed E-state index contributed by atoms with van der Waals surface area (Å²) < 4.78 is 4.50. The van der Waals surface area contributed by atoms with Gasteiger partial charge < -0.3 is 10.1 Å². The molecule has 0 fully saturated rings. The lowest BCUT2D eigenvalue weighted by Crippen LogP contribution is -2.26. The summed E-state index contributed by atoms with van der Waals surface area (Å²) in [5.41, 5.74) is 0. The average molecular weight is 173 g/mol. The second-order valence-corrected chi connectivity index (χ2v) is 2.63. The van der Waals surface area contributed by atoms with Crippen molar-refractivity contribution in [1.82, 2.24) is 5.32 Å². The van der Waals surface area contributed by atoms with Gasteiger partial charge in [-0.2, -0.15) is 0 Å². The van der Waals surface area contributed by atoms with Crippen molar-refractivity contribution in [1.29, 1.82) is 0 Å². The summed E-state index contributed by atoms with van der Waals surface area (Å²) in [5, 5.41) is 2.60. The van der Waals surface area contributed by atoms with Crippen LogP contribution in [0.2, 0.25) is 0 Å². The van der Waals surface area contributed by atoms with Crippen molar-refractivity contribution in [2.75, 3.05) is 13.6 Å². The molecule has 0 unspecified atom stereocenters. The van der Waals surface area contributed by atoms with Crippen molar-refractivity contribution in [3.63, 3.8) is 0 Å². The van der Waals surface area contributed by atoms with E-state index in [1.54, 1.807) is 14.0 Å². The van der Waals surface area contributed by atoms with Crippen LogP contribution in [-0.2, 0) is 14.3 Å². The molecule has 0 aliphatic rings. The van der Waals surface area contributed by atoms with Gasteiger partial charge in [-0.3, -0.25) is 9.59 Å². The minimum atomic E-state index is -0.525. The van der Waals surface area contributed by atoms with Crippen LogP contribution in [0.5, 0.6) is 0 Å². The van der Waals surface area contributed by atoms with Crippen molar-refractivity contribution in [3.05, 3.63) is 0 Å². The maximum atomic E-state index is 11.0. The van der Waals surface area contributed by atoms with Gasteiger partial charge in [0.1, 0.15) is 0 Å². The first-order chi connectivity index (χ1) is 5.61. The van der Waals surface area contributed by atoms with E-state index in [1.807, 2.05) is 6.92 Å². The minimum Gasteiger partial charge on any atom is -0.392 e. The number of hydrogen-bond donors (Lipinski definition) is 1. The van der Waals surface area contributed by atoms with Crippen LogP contribution < -0.4 is 5.32 Å². The SMILES string of the molecule is CC[C@H](C)C(=O)OC(=O)CNC. The Morgan fingerprint density at radius 1 is 1.50 bits per heavy atom. The monoisotopic (exact) mass is 173 g/mol. The predicted octanol–water partition coefficient (Wildman–Crippen LogP) is 0.322. The van der Waals surface area contributed by atoms with Gasteiger partial charge in [-0.05, 0) is 13.5 Å². The molecule has 0 bridgehead atoms. The molecule has 0 amide bonds. The highest BCUT2D eigenvalue weighted by Gasteiger charge is 2.15. The molecule has 4 nitrogen and oxygen atoms in total. The molecule has 0 aromatic carbocycles. The van der Waals surface area contributed by atoms with E-state index in [-0.39, 0.29) is 12.5 Å². The Labute approximate surface area is 72.3 Å². The van der Waals surface area contributed by atoms with Crippen LogP contribution in [0.1, 0.15) is 20.3 Å². The number of esters is 2. The fraction of sp³-hybridized carbons (Fsp3) is 0.750. The number of nitrogens with one attached hydrogen (secondary N) is 1. The van der Waals surface area contributed by atoms with Crippen LogP contribution in [0, 0.1) is 5.92 Å².